The van der Waals surface area contributed by atoms with E-state index in [-0.39, 0.29) is 5.91 Å². The third kappa shape index (κ3) is 3.20. The van der Waals surface area contributed by atoms with Gasteiger partial charge in [0.15, 0.2) is 0 Å². The van der Waals surface area contributed by atoms with Gasteiger partial charge in [-0.3, -0.25) is 4.79 Å². The summed E-state index contributed by atoms with van der Waals surface area (Å²) in [6, 6.07) is 9.73. The van der Waals surface area contributed by atoms with Gasteiger partial charge >= 0.3 is 0 Å². The van der Waals surface area contributed by atoms with Crippen molar-refractivity contribution in [3.8, 4) is 5.69 Å². The lowest BCUT2D eigenvalue weighted by atomic mass is 10.2. The summed E-state index contributed by atoms with van der Waals surface area (Å²) in [4.78, 5) is 11.7. The molecule has 19 heavy (non-hydrogen) atoms. The topological polar surface area (TPSA) is 59.0 Å². The quantitative estimate of drug-likeness (QED) is 0.858. The molecule has 0 atom stereocenters. The number of amides is 1. The molecule has 0 fully saturated rings. The Morgan fingerprint density at radius 2 is 2.11 bits per heavy atom. The molecule has 2 aromatic rings. The van der Waals surface area contributed by atoms with Crippen LogP contribution in [0.2, 0.25) is 0 Å². The van der Waals surface area contributed by atoms with Crippen molar-refractivity contribution in [2.75, 3.05) is 18.9 Å². The summed E-state index contributed by atoms with van der Waals surface area (Å²) in [6.07, 6.45) is 2.12. The fraction of sp³-hybridized carbons (Fsp3) is 0.286. The number of hydrogen-bond acceptors (Lipinski definition) is 3. The minimum absolute atomic E-state index is 0.0234. The molecule has 5 heteroatoms. The number of nitrogens with zero attached hydrogens (tertiary/aromatic N) is 2. The second-order valence-corrected chi connectivity index (χ2v) is 4.32. The predicted octanol–water partition coefficient (Wildman–Crippen LogP) is 1.73. The second kappa shape index (κ2) is 6.15. The Bertz CT molecular complexity index is 562. The van der Waals surface area contributed by atoms with Gasteiger partial charge in [0, 0.05) is 19.0 Å². The molecule has 5 nitrogen and oxygen atoms in total. The number of para-hydroxylation sites is 1. The van der Waals surface area contributed by atoms with Gasteiger partial charge in [-0.25, -0.2) is 4.68 Å². The molecule has 2 N–H and O–H groups in total. The SMILES string of the molecule is CNCCC(=O)Nc1ccnn1-c1ccccc1C. The highest BCUT2D eigenvalue weighted by atomic mass is 16.1. The molecule has 0 bridgehead atoms. The van der Waals surface area contributed by atoms with Crippen LogP contribution in [0.15, 0.2) is 36.5 Å². The van der Waals surface area contributed by atoms with Gasteiger partial charge in [-0.15, -0.1) is 0 Å². The van der Waals surface area contributed by atoms with Gasteiger partial charge in [0.25, 0.3) is 0 Å². The maximum atomic E-state index is 11.7. The number of aryl methyl sites for hydroxylation is 1. The fourth-order valence-electron chi connectivity index (χ4n) is 1.83. The molecule has 100 valence electrons. The Balaban J connectivity index is 2.19. The Kier molecular flexibility index (Phi) is 4.30. The summed E-state index contributed by atoms with van der Waals surface area (Å²) in [6.45, 7) is 2.67. The highest BCUT2D eigenvalue weighted by Gasteiger charge is 2.09. The number of anilines is 1. The van der Waals surface area contributed by atoms with Crippen molar-refractivity contribution < 1.29 is 4.79 Å². The van der Waals surface area contributed by atoms with Gasteiger partial charge in [0.2, 0.25) is 5.91 Å². The van der Waals surface area contributed by atoms with Crippen LogP contribution in [0.4, 0.5) is 5.82 Å². The number of carbonyl (C=O) groups excluding carboxylic acids is 1. The molecule has 0 aliphatic carbocycles. The lowest BCUT2D eigenvalue weighted by Crippen LogP contribution is -2.20. The molecule has 0 radical (unpaired) electrons. The first-order chi connectivity index (χ1) is 9.22. The first-order valence-electron chi connectivity index (χ1n) is 6.27. The second-order valence-electron chi connectivity index (χ2n) is 4.32. The summed E-state index contributed by atoms with van der Waals surface area (Å²) in [5.41, 5.74) is 2.08. The molecule has 1 amide bonds. The molecule has 0 saturated carbocycles. The van der Waals surface area contributed by atoms with Crippen LogP contribution in [-0.4, -0.2) is 29.3 Å². The first kappa shape index (κ1) is 13.3. The summed E-state index contributed by atoms with van der Waals surface area (Å²) in [7, 11) is 1.82. The van der Waals surface area contributed by atoms with Crippen molar-refractivity contribution in [1.29, 1.82) is 0 Å². The third-order valence-electron chi connectivity index (χ3n) is 2.86. The number of hydrogen-bond donors (Lipinski definition) is 2. The molecule has 1 aromatic carbocycles. The van der Waals surface area contributed by atoms with Crippen LogP contribution in [0.25, 0.3) is 5.69 Å². The summed E-state index contributed by atoms with van der Waals surface area (Å²) in [5, 5.41) is 10.1. The van der Waals surface area contributed by atoms with Gasteiger partial charge in [0.1, 0.15) is 5.82 Å². The molecule has 0 aliphatic heterocycles. The van der Waals surface area contributed by atoms with E-state index in [9.17, 15) is 4.79 Å². The zero-order valence-corrected chi connectivity index (χ0v) is 11.2. The Morgan fingerprint density at radius 1 is 1.32 bits per heavy atom. The van der Waals surface area contributed by atoms with Gasteiger partial charge < -0.3 is 10.6 Å². The Labute approximate surface area is 112 Å². The lowest BCUT2D eigenvalue weighted by molar-refractivity contribution is -0.116. The van der Waals surface area contributed by atoms with Crippen LogP contribution in [-0.2, 0) is 4.79 Å². The number of carbonyl (C=O) groups is 1. The van der Waals surface area contributed by atoms with Crippen LogP contribution in [0, 0.1) is 6.92 Å². The van der Waals surface area contributed by atoms with Crippen molar-refractivity contribution in [3.05, 3.63) is 42.1 Å². The van der Waals surface area contributed by atoms with E-state index >= 15 is 0 Å². The lowest BCUT2D eigenvalue weighted by Gasteiger charge is -2.11. The monoisotopic (exact) mass is 258 g/mol. The van der Waals surface area contributed by atoms with E-state index in [1.54, 1.807) is 16.9 Å². The van der Waals surface area contributed by atoms with Crippen molar-refractivity contribution in [1.82, 2.24) is 15.1 Å². The Morgan fingerprint density at radius 3 is 2.84 bits per heavy atom. The smallest absolute Gasteiger partial charge is 0.226 e. The predicted molar refractivity (Wildman–Crippen MR) is 75.5 cm³/mol. The van der Waals surface area contributed by atoms with Crippen LogP contribution in [0.3, 0.4) is 0 Å². The highest BCUT2D eigenvalue weighted by Crippen LogP contribution is 2.18. The van der Waals surface area contributed by atoms with E-state index in [4.69, 9.17) is 0 Å². The number of aromatic nitrogens is 2. The fourth-order valence-corrected chi connectivity index (χ4v) is 1.83. The van der Waals surface area contributed by atoms with Crippen molar-refractivity contribution >= 4 is 11.7 Å². The van der Waals surface area contributed by atoms with Gasteiger partial charge in [-0.2, -0.15) is 5.10 Å². The molecular formula is C14H18N4O. The number of nitrogens with one attached hydrogen (secondary N) is 2. The average Bonchev–Trinajstić information content (AvgIpc) is 2.85. The van der Waals surface area contributed by atoms with E-state index < -0.39 is 0 Å². The minimum atomic E-state index is -0.0234. The summed E-state index contributed by atoms with van der Waals surface area (Å²) < 4.78 is 1.74. The van der Waals surface area contributed by atoms with Gasteiger partial charge in [-0.05, 0) is 25.6 Å². The normalized spacial score (nSPS) is 10.4. The molecule has 0 aliphatic rings. The third-order valence-corrected chi connectivity index (χ3v) is 2.86. The molecule has 0 spiro atoms. The van der Waals surface area contributed by atoms with Crippen LogP contribution >= 0.6 is 0 Å². The van der Waals surface area contributed by atoms with E-state index in [1.165, 1.54) is 0 Å². The van der Waals surface area contributed by atoms with Crippen LogP contribution < -0.4 is 10.6 Å². The zero-order valence-electron chi connectivity index (χ0n) is 11.2. The van der Waals surface area contributed by atoms with Gasteiger partial charge in [-0.1, -0.05) is 18.2 Å². The first-order valence-corrected chi connectivity index (χ1v) is 6.27. The van der Waals surface area contributed by atoms with E-state index in [0.29, 0.717) is 18.8 Å². The zero-order chi connectivity index (χ0) is 13.7. The van der Waals surface area contributed by atoms with Crippen molar-refractivity contribution in [3.63, 3.8) is 0 Å². The number of rotatable bonds is 5. The molecule has 1 heterocycles. The highest BCUT2D eigenvalue weighted by molar-refractivity contribution is 5.90. The van der Waals surface area contributed by atoms with E-state index in [1.807, 2.05) is 38.2 Å². The van der Waals surface area contributed by atoms with Gasteiger partial charge in [0.05, 0.1) is 11.9 Å². The van der Waals surface area contributed by atoms with E-state index in [2.05, 4.69) is 15.7 Å². The summed E-state index contributed by atoms with van der Waals surface area (Å²) in [5.74, 6) is 0.667. The molecule has 0 unspecified atom stereocenters. The number of benzene rings is 1. The van der Waals surface area contributed by atoms with Crippen LogP contribution in [0.1, 0.15) is 12.0 Å². The largest absolute Gasteiger partial charge is 0.319 e. The minimum Gasteiger partial charge on any atom is -0.319 e. The van der Waals surface area contributed by atoms with Crippen molar-refractivity contribution in [2.24, 2.45) is 0 Å². The molecular weight excluding hydrogens is 240 g/mol. The maximum absolute atomic E-state index is 11.7. The standard InChI is InChI=1S/C14H18N4O/c1-11-5-3-4-6-12(11)18-13(7-10-16-18)17-14(19)8-9-15-2/h3-7,10,15H,8-9H2,1-2H3,(H,17,19). The average molecular weight is 258 g/mol. The molecule has 2 rings (SSSR count). The van der Waals surface area contributed by atoms with Crippen molar-refractivity contribution in [2.45, 2.75) is 13.3 Å². The summed E-state index contributed by atoms with van der Waals surface area (Å²) >= 11 is 0. The molecule has 0 saturated heterocycles. The van der Waals surface area contributed by atoms with E-state index in [0.717, 1.165) is 11.3 Å². The van der Waals surface area contributed by atoms with Crippen LogP contribution in [0.5, 0.6) is 0 Å². The molecule has 1 aromatic heterocycles. The Hall–Kier alpha value is -2.14. The maximum Gasteiger partial charge on any atom is 0.226 e.